The quantitative estimate of drug-likeness (QED) is 0.831. The summed E-state index contributed by atoms with van der Waals surface area (Å²) in [5, 5.41) is 14.6. The highest BCUT2D eigenvalue weighted by molar-refractivity contribution is 6.13. The second-order valence-electron chi connectivity index (χ2n) is 5.86. The van der Waals surface area contributed by atoms with Crippen molar-refractivity contribution in [2.75, 3.05) is 5.32 Å². The Morgan fingerprint density at radius 1 is 1.00 bits per heavy atom. The summed E-state index contributed by atoms with van der Waals surface area (Å²) in [5.41, 5.74) is 0.785. The molecule has 0 unspecified atom stereocenters. The number of para-hydroxylation sites is 1. The number of nitrogens with one attached hydrogen (secondary N) is 2. The predicted molar refractivity (Wildman–Crippen MR) is 89.7 cm³/mol. The van der Waals surface area contributed by atoms with Gasteiger partial charge in [-0.2, -0.15) is 5.26 Å². The molecule has 2 amide bonds. The van der Waals surface area contributed by atoms with Gasteiger partial charge in [-0.1, -0.05) is 42.5 Å². The third-order valence-electron chi connectivity index (χ3n) is 4.21. The lowest BCUT2D eigenvalue weighted by atomic mass is 10.0. The van der Waals surface area contributed by atoms with Gasteiger partial charge in [0.25, 0.3) is 0 Å². The highest BCUT2D eigenvalue weighted by Crippen LogP contribution is 2.47. The number of carbonyl (C=O) groups is 2. The number of hydrogen-bond acceptors (Lipinski definition) is 3. The lowest BCUT2D eigenvalue weighted by Gasteiger charge is -2.16. The van der Waals surface area contributed by atoms with Crippen molar-refractivity contribution in [3.63, 3.8) is 0 Å². The molecule has 0 aromatic heterocycles. The average molecular weight is 319 g/mol. The second kappa shape index (κ2) is 6.55. The molecule has 0 radical (unpaired) electrons. The predicted octanol–water partition coefficient (Wildman–Crippen LogP) is 2.59. The summed E-state index contributed by atoms with van der Waals surface area (Å²) in [7, 11) is 0. The zero-order valence-electron chi connectivity index (χ0n) is 13.1. The van der Waals surface area contributed by atoms with Gasteiger partial charge in [0.2, 0.25) is 11.8 Å². The van der Waals surface area contributed by atoms with Crippen molar-refractivity contribution in [3.8, 4) is 6.07 Å². The molecular formula is C19H17N3O2. The molecule has 2 aromatic carbocycles. The van der Waals surface area contributed by atoms with Crippen LogP contribution in [0.2, 0.25) is 0 Å². The largest absolute Gasteiger partial charge is 0.351 e. The summed E-state index contributed by atoms with van der Waals surface area (Å²) in [6, 6.07) is 18.4. The second-order valence-corrected chi connectivity index (χ2v) is 5.86. The molecule has 3 rings (SSSR count). The molecule has 1 saturated carbocycles. The maximum Gasteiger partial charge on any atom is 0.240 e. The fraction of sp³-hybridized carbons (Fsp3) is 0.211. The van der Waals surface area contributed by atoms with Crippen molar-refractivity contribution >= 4 is 17.5 Å². The summed E-state index contributed by atoms with van der Waals surface area (Å²) in [6.45, 7) is 0.392. The Labute approximate surface area is 140 Å². The van der Waals surface area contributed by atoms with Gasteiger partial charge in [-0.05, 0) is 30.5 Å². The van der Waals surface area contributed by atoms with Crippen molar-refractivity contribution in [3.05, 3.63) is 65.7 Å². The van der Waals surface area contributed by atoms with E-state index in [2.05, 4.69) is 10.6 Å². The van der Waals surface area contributed by atoms with Crippen LogP contribution in [0.15, 0.2) is 54.6 Å². The molecule has 0 heterocycles. The minimum absolute atomic E-state index is 0.265. The zero-order chi connectivity index (χ0) is 17.0. The molecule has 0 saturated heterocycles. The number of rotatable bonds is 5. The Hall–Kier alpha value is -3.13. The van der Waals surface area contributed by atoms with Crippen LogP contribution in [0, 0.1) is 16.7 Å². The van der Waals surface area contributed by atoms with Gasteiger partial charge in [-0.25, -0.2) is 0 Å². The molecule has 1 aliphatic rings. The summed E-state index contributed by atoms with van der Waals surface area (Å²) >= 11 is 0. The standard InChI is InChI=1S/C19H17N3O2/c20-12-15-8-4-5-9-16(15)22-18(24)19(10-11-19)17(23)21-13-14-6-2-1-3-7-14/h1-9H,10-11,13H2,(H,21,23)(H,22,24). The van der Waals surface area contributed by atoms with Gasteiger partial charge in [0.1, 0.15) is 11.5 Å². The normalized spacial score (nSPS) is 14.3. The van der Waals surface area contributed by atoms with E-state index in [0.717, 1.165) is 5.56 Å². The van der Waals surface area contributed by atoms with Crippen LogP contribution in [0.3, 0.4) is 0 Å². The van der Waals surface area contributed by atoms with Gasteiger partial charge < -0.3 is 10.6 Å². The van der Waals surface area contributed by atoms with Crippen LogP contribution >= 0.6 is 0 Å². The molecule has 5 heteroatoms. The van der Waals surface area contributed by atoms with E-state index in [0.29, 0.717) is 30.6 Å². The number of amides is 2. The van der Waals surface area contributed by atoms with Crippen LogP contribution < -0.4 is 10.6 Å². The lowest BCUT2D eigenvalue weighted by Crippen LogP contribution is -2.39. The average Bonchev–Trinajstić information content (AvgIpc) is 3.43. The van der Waals surface area contributed by atoms with Crippen molar-refractivity contribution in [1.29, 1.82) is 5.26 Å². The van der Waals surface area contributed by atoms with Crippen molar-refractivity contribution in [1.82, 2.24) is 5.32 Å². The van der Waals surface area contributed by atoms with Crippen molar-refractivity contribution < 1.29 is 9.59 Å². The number of benzene rings is 2. The number of hydrogen-bond donors (Lipinski definition) is 2. The number of nitriles is 1. The summed E-state index contributed by atoms with van der Waals surface area (Å²) in [5.74, 6) is -0.617. The van der Waals surface area contributed by atoms with E-state index in [4.69, 9.17) is 5.26 Å². The number of anilines is 1. The molecule has 1 fully saturated rings. The molecule has 5 nitrogen and oxygen atoms in total. The molecule has 0 bridgehead atoms. The first-order valence-electron chi connectivity index (χ1n) is 7.78. The van der Waals surface area contributed by atoms with Crippen LogP contribution in [0.1, 0.15) is 24.0 Å². The minimum Gasteiger partial charge on any atom is -0.351 e. The van der Waals surface area contributed by atoms with Crippen LogP contribution in [0.4, 0.5) is 5.69 Å². The Balaban J connectivity index is 1.66. The fourth-order valence-electron chi connectivity index (χ4n) is 2.56. The monoisotopic (exact) mass is 319 g/mol. The lowest BCUT2D eigenvalue weighted by molar-refractivity contribution is -0.134. The van der Waals surface area contributed by atoms with Gasteiger partial charge in [0.05, 0.1) is 11.3 Å². The van der Waals surface area contributed by atoms with Gasteiger partial charge in [-0.15, -0.1) is 0 Å². The first kappa shape index (κ1) is 15.8. The van der Waals surface area contributed by atoms with E-state index in [1.807, 2.05) is 36.4 Å². The summed E-state index contributed by atoms with van der Waals surface area (Å²) in [6.07, 6.45) is 1.04. The summed E-state index contributed by atoms with van der Waals surface area (Å²) < 4.78 is 0. The third-order valence-corrected chi connectivity index (χ3v) is 4.21. The Kier molecular flexibility index (Phi) is 4.30. The van der Waals surface area contributed by atoms with Crippen LogP contribution in [-0.4, -0.2) is 11.8 Å². The Morgan fingerprint density at radius 2 is 1.67 bits per heavy atom. The van der Waals surface area contributed by atoms with Gasteiger partial charge in [0, 0.05) is 6.54 Å². The molecule has 2 N–H and O–H groups in total. The molecule has 2 aromatic rings. The Bertz CT molecular complexity index is 805. The van der Waals surface area contributed by atoms with Crippen LogP contribution in [-0.2, 0) is 16.1 Å². The van der Waals surface area contributed by atoms with Crippen LogP contribution in [0.5, 0.6) is 0 Å². The molecule has 0 atom stereocenters. The Morgan fingerprint density at radius 3 is 2.33 bits per heavy atom. The van der Waals surface area contributed by atoms with Crippen molar-refractivity contribution in [2.24, 2.45) is 5.41 Å². The van der Waals surface area contributed by atoms with Gasteiger partial charge in [-0.3, -0.25) is 9.59 Å². The van der Waals surface area contributed by atoms with E-state index >= 15 is 0 Å². The first-order chi connectivity index (χ1) is 11.7. The minimum atomic E-state index is -1.02. The first-order valence-corrected chi connectivity index (χ1v) is 7.78. The highest BCUT2D eigenvalue weighted by atomic mass is 16.2. The smallest absolute Gasteiger partial charge is 0.240 e. The third kappa shape index (κ3) is 3.13. The molecule has 0 aliphatic heterocycles. The summed E-state index contributed by atoms with van der Waals surface area (Å²) in [4.78, 5) is 25.0. The SMILES string of the molecule is N#Cc1ccccc1NC(=O)C1(C(=O)NCc2ccccc2)CC1. The molecular weight excluding hydrogens is 302 g/mol. The molecule has 1 aliphatic carbocycles. The number of nitrogens with zero attached hydrogens (tertiary/aromatic N) is 1. The van der Waals surface area contributed by atoms with E-state index in [1.165, 1.54) is 0 Å². The fourth-order valence-corrected chi connectivity index (χ4v) is 2.56. The molecule has 0 spiro atoms. The maximum absolute atomic E-state index is 12.5. The topological polar surface area (TPSA) is 82.0 Å². The van der Waals surface area contributed by atoms with Crippen LogP contribution in [0.25, 0.3) is 0 Å². The van der Waals surface area contributed by atoms with Gasteiger partial charge in [0.15, 0.2) is 0 Å². The zero-order valence-corrected chi connectivity index (χ0v) is 13.1. The van der Waals surface area contributed by atoms with E-state index in [9.17, 15) is 9.59 Å². The van der Waals surface area contributed by atoms with E-state index < -0.39 is 5.41 Å². The number of carbonyl (C=O) groups excluding carboxylic acids is 2. The van der Waals surface area contributed by atoms with Gasteiger partial charge >= 0.3 is 0 Å². The maximum atomic E-state index is 12.5. The molecule has 24 heavy (non-hydrogen) atoms. The van der Waals surface area contributed by atoms with E-state index in [1.54, 1.807) is 24.3 Å². The van der Waals surface area contributed by atoms with E-state index in [-0.39, 0.29) is 11.8 Å². The molecule has 120 valence electrons. The van der Waals surface area contributed by atoms with Crippen molar-refractivity contribution in [2.45, 2.75) is 19.4 Å². The highest BCUT2D eigenvalue weighted by Gasteiger charge is 2.56.